The third-order valence-electron chi connectivity index (χ3n) is 3.20. The zero-order valence-corrected chi connectivity index (χ0v) is 14.1. The van der Waals surface area contributed by atoms with Gasteiger partial charge in [0.15, 0.2) is 0 Å². The van der Waals surface area contributed by atoms with Crippen molar-refractivity contribution in [2.45, 2.75) is 13.0 Å². The predicted molar refractivity (Wildman–Crippen MR) is 95.7 cm³/mol. The van der Waals surface area contributed by atoms with Gasteiger partial charge in [0.1, 0.15) is 0 Å². The second-order valence-electron chi connectivity index (χ2n) is 4.69. The summed E-state index contributed by atoms with van der Waals surface area (Å²) in [4.78, 5) is 12.0. The molecule has 2 aromatic carbocycles. The number of nitrogens with one attached hydrogen (secondary N) is 3. The highest BCUT2D eigenvalue weighted by Gasteiger charge is 2.07. The van der Waals surface area contributed by atoms with Crippen LogP contribution in [-0.2, 0) is 0 Å². The topological polar surface area (TPSA) is 53.2 Å². The van der Waals surface area contributed by atoms with Crippen molar-refractivity contribution in [3.8, 4) is 0 Å². The minimum atomic E-state index is -0.242. The van der Waals surface area contributed by atoms with E-state index in [1.54, 1.807) is 0 Å². The number of anilines is 2. The summed E-state index contributed by atoms with van der Waals surface area (Å²) < 4.78 is 1.00. The summed E-state index contributed by atoms with van der Waals surface area (Å²) in [6, 6.07) is 15.5. The van der Waals surface area contributed by atoms with Gasteiger partial charge in [0.05, 0.1) is 5.69 Å². The van der Waals surface area contributed by atoms with Crippen molar-refractivity contribution in [1.29, 1.82) is 0 Å². The maximum absolute atomic E-state index is 12.0. The summed E-state index contributed by atoms with van der Waals surface area (Å²) in [5, 5.41) is 8.88. The van der Waals surface area contributed by atoms with Gasteiger partial charge in [-0.2, -0.15) is 0 Å². The number of carbonyl (C=O) groups excluding carboxylic acids is 1. The molecule has 1 unspecified atom stereocenters. The normalized spacial score (nSPS) is 11.8. The molecule has 0 aliphatic heterocycles. The molecule has 0 aliphatic rings. The maximum atomic E-state index is 12.0. The highest BCUT2D eigenvalue weighted by atomic mass is 127. The number of halogens is 1. The second kappa shape index (κ2) is 7.42. The molecule has 5 heteroatoms. The molecule has 0 aliphatic carbocycles. The first-order valence-electron chi connectivity index (χ1n) is 6.70. The number of hydrogen-bond donors (Lipinski definition) is 3. The quantitative estimate of drug-likeness (QED) is 0.680. The molecule has 4 nitrogen and oxygen atoms in total. The van der Waals surface area contributed by atoms with Gasteiger partial charge in [0.2, 0.25) is 0 Å². The highest BCUT2D eigenvalue weighted by molar-refractivity contribution is 14.1. The van der Waals surface area contributed by atoms with Gasteiger partial charge in [-0.15, -0.1) is 0 Å². The molecule has 2 aromatic rings. The van der Waals surface area contributed by atoms with E-state index < -0.39 is 0 Å². The van der Waals surface area contributed by atoms with Gasteiger partial charge < -0.3 is 16.0 Å². The van der Waals surface area contributed by atoms with E-state index >= 15 is 0 Å². The van der Waals surface area contributed by atoms with Gasteiger partial charge in [0.25, 0.3) is 0 Å². The fourth-order valence-electron chi connectivity index (χ4n) is 1.90. The van der Waals surface area contributed by atoms with Crippen LogP contribution in [0.4, 0.5) is 16.2 Å². The lowest BCUT2D eigenvalue weighted by molar-refractivity contribution is 0.262. The third-order valence-corrected chi connectivity index (χ3v) is 4.14. The van der Waals surface area contributed by atoms with Crippen LogP contribution in [0.25, 0.3) is 0 Å². The Morgan fingerprint density at radius 2 is 1.86 bits per heavy atom. The molecule has 3 N–H and O–H groups in total. The van der Waals surface area contributed by atoms with Crippen LogP contribution in [0, 0.1) is 3.57 Å². The fraction of sp³-hybridized carbons (Fsp3) is 0.188. The zero-order valence-electron chi connectivity index (χ0n) is 12.0. The van der Waals surface area contributed by atoms with Crippen molar-refractivity contribution in [3.63, 3.8) is 0 Å². The van der Waals surface area contributed by atoms with Crippen LogP contribution in [0.2, 0.25) is 0 Å². The molecule has 1 atom stereocenters. The van der Waals surface area contributed by atoms with Crippen LogP contribution in [0.5, 0.6) is 0 Å². The van der Waals surface area contributed by atoms with Crippen LogP contribution < -0.4 is 16.0 Å². The summed E-state index contributed by atoms with van der Waals surface area (Å²) >= 11 is 2.19. The summed E-state index contributed by atoms with van der Waals surface area (Å²) in [5.74, 6) is 0. The van der Waals surface area contributed by atoms with E-state index in [2.05, 4.69) is 45.5 Å². The van der Waals surface area contributed by atoms with Crippen LogP contribution in [0.15, 0.2) is 48.5 Å². The minimum absolute atomic E-state index is 0.241. The van der Waals surface area contributed by atoms with Gasteiger partial charge in [-0.1, -0.05) is 24.3 Å². The molecule has 0 aromatic heterocycles. The molecule has 21 heavy (non-hydrogen) atoms. The molecule has 0 fully saturated rings. The maximum Gasteiger partial charge on any atom is 0.323 e. The first-order valence-corrected chi connectivity index (χ1v) is 7.78. The molecule has 0 saturated carbocycles. The SMILES string of the molecule is CNC(C)c1cccc(NC(=O)Nc2ccccc2I)c1. The molecule has 110 valence electrons. The lowest BCUT2D eigenvalue weighted by atomic mass is 10.1. The largest absolute Gasteiger partial charge is 0.323 e. The number of carbonyl (C=O) groups is 1. The van der Waals surface area contributed by atoms with Crippen molar-refractivity contribution in [2.75, 3.05) is 17.7 Å². The predicted octanol–water partition coefficient (Wildman–Crippen LogP) is 4.22. The summed E-state index contributed by atoms with van der Waals surface area (Å²) in [7, 11) is 1.91. The van der Waals surface area contributed by atoms with E-state index in [0.717, 1.165) is 20.5 Å². The third kappa shape index (κ3) is 4.44. The number of hydrogen-bond acceptors (Lipinski definition) is 2. The van der Waals surface area contributed by atoms with Crippen LogP contribution >= 0.6 is 22.6 Å². The van der Waals surface area contributed by atoms with E-state index in [0.29, 0.717) is 0 Å². The monoisotopic (exact) mass is 395 g/mol. The average Bonchev–Trinajstić information content (AvgIpc) is 2.49. The molecule has 2 amide bonds. The Bertz CT molecular complexity index is 630. The highest BCUT2D eigenvalue weighted by Crippen LogP contribution is 2.19. The van der Waals surface area contributed by atoms with Crippen LogP contribution in [0.1, 0.15) is 18.5 Å². The molecular formula is C16H18IN3O. The Hall–Kier alpha value is -1.60. The second-order valence-corrected chi connectivity index (χ2v) is 5.86. The van der Waals surface area contributed by atoms with Gasteiger partial charge in [-0.25, -0.2) is 4.79 Å². The molecule has 0 spiro atoms. The fourth-order valence-corrected chi connectivity index (χ4v) is 2.42. The van der Waals surface area contributed by atoms with E-state index in [9.17, 15) is 4.79 Å². The van der Waals surface area contributed by atoms with Crippen molar-refractivity contribution < 1.29 is 4.79 Å². The summed E-state index contributed by atoms with van der Waals surface area (Å²) in [6.45, 7) is 2.07. The van der Waals surface area contributed by atoms with E-state index in [1.165, 1.54) is 0 Å². The number of benzene rings is 2. The van der Waals surface area contributed by atoms with Crippen molar-refractivity contribution in [1.82, 2.24) is 5.32 Å². The van der Waals surface area contributed by atoms with Crippen molar-refractivity contribution >= 4 is 40.0 Å². The van der Waals surface area contributed by atoms with Gasteiger partial charge in [0, 0.05) is 15.3 Å². The smallest absolute Gasteiger partial charge is 0.313 e. The standard InChI is InChI=1S/C16H18IN3O/c1-11(18-2)12-6-5-7-13(10-12)19-16(21)20-15-9-4-3-8-14(15)17/h3-11,18H,1-2H3,(H2,19,20,21). The van der Waals surface area contributed by atoms with Crippen LogP contribution in [-0.4, -0.2) is 13.1 Å². The molecular weight excluding hydrogens is 377 g/mol. The Kier molecular flexibility index (Phi) is 5.58. The van der Waals surface area contributed by atoms with Crippen molar-refractivity contribution in [2.24, 2.45) is 0 Å². The Labute approximate surface area is 138 Å². The average molecular weight is 395 g/mol. The van der Waals surface area contributed by atoms with Gasteiger partial charge in [-0.05, 0) is 66.4 Å². The number of rotatable bonds is 4. The zero-order chi connectivity index (χ0) is 15.2. The first-order chi connectivity index (χ1) is 10.1. The first kappa shape index (κ1) is 15.8. The molecule has 0 saturated heterocycles. The molecule has 0 bridgehead atoms. The Morgan fingerprint density at radius 1 is 1.10 bits per heavy atom. The van der Waals surface area contributed by atoms with Crippen LogP contribution in [0.3, 0.4) is 0 Å². The minimum Gasteiger partial charge on any atom is -0.313 e. The molecule has 0 heterocycles. The lowest BCUT2D eigenvalue weighted by Gasteiger charge is -2.13. The Morgan fingerprint density at radius 3 is 2.57 bits per heavy atom. The van der Waals surface area contributed by atoms with Crippen molar-refractivity contribution in [3.05, 3.63) is 57.7 Å². The van der Waals surface area contributed by atoms with Gasteiger partial charge in [-0.3, -0.25) is 0 Å². The van der Waals surface area contributed by atoms with Gasteiger partial charge >= 0.3 is 6.03 Å². The molecule has 2 rings (SSSR count). The number of para-hydroxylation sites is 1. The molecule has 0 radical (unpaired) electrons. The Balaban J connectivity index is 2.05. The van der Waals surface area contributed by atoms with E-state index in [1.807, 2.05) is 55.6 Å². The summed E-state index contributed by atoms with van der Waals surface area (Å²) in [6.07, 6.45) is 0. The number of urea groups is 1. The van der Waals surface area contributed by atoms with E-state index in [4.69, 9.17) is 0 Å². The van der Waals surface area contributed by atoms with E-state index in [-0.39, 0.29) is 12.1 Å². The number of amides is 2. The lowest BCUT2D eigenvalue weighted by Crippen LogP contribution is -2.20. The summed E-state index contributed by atoms with van der Waals surface area (Å²) in [5.41, 5.74) is 2.71.